The van der Waals surface area contributed by atoms with Crippen molar-refractivity contribution in [2.75, 3.05) is 6.61 Å². The van der Waals surface area contributed by atoms with Crippen LogP contribution in [0.3, 0.4) is 0 Å². The summed E-state index contributed by atoms with van der Waals surface area (Å²) in [7, 11) is 0. The first-order valence-electron chi connectivity index (χ1n) is 7.30. The Morgan fingerprint density at radius 2 is 2.30 bits per heavy atom. The van der Waals surface area contributed by atoms with E-state index < -0.39 is 0 Å². The first-order chi connectivity index (χ1) is 9.54. The largest absolute Gasteiger partial charge is 0.491 e. The predicted molar refractivity (Wildman–Crippen MR) is 79.6 cm³/mol. The number of ether oxygens (including phenoxy) is 1. The van der Waals surface area contributed by atoms with Gasteiger partial charge in [0.15, 0.2) is 0 Å². The zero-order valence-corrected chi connectivity index (χ0v) is 12.3. The number of hydrogen-bond donors (Lipinski definition) is 2. The topological polar surface area (TPSA) is 64.3 Å². The van der Waals surface area contributed by atoms with E-state index in [9.17, 15) is 4.79 Å². The molecule has 1 aliphatic carbocycles. The molecule has 0 spiro atoms. The molecule has 20 heavy (non-hydrogen) atoms. The van der Waals surface area contributed by atoms with Gasteiger partial charge in [-0.3, -0.25) is 4.79 Å². The smallest absolute Gasteiger partial charge is 0.223 e. The number of carbonyl (C=O) groups excluding carboxylic acids is 1. The number of rotatable bonds is 5. The molecule has 3 atom stereocenters. The lowest BCUT2D eigenvalue weighted by Gasteiger charge is -2.18. The Balaban J connectivity index is 1.75. The van der Waals surface area contributed by atoms with Gasteiger partial charge in [0.05, 0.1) is 6.04 Å². The van der Waals surface area contributed by atoms with Crippen LogP contribution in [-0.4, -0.2) is 24.6 Å². The van der Waals surface area contributed by atoms with Gasteiger partial charge in [-0.15, -0.1) is 0 Å². The fourth-order valence-corrected chi connectivity index (χ4v) is 2.58. The monoisotopic (exact) mass is 276 g/mol. The molecule has 4 heteroatoms. The van der Waals surface area contributed by atoms with Crippen LogP contribution in [0.1, 0.15) is 31.7 Å². The molecular weight excluding hydrogens is 252 g/mol. The average Bonchev–Trinajstić information content (AvgIpc) is 2.83. The van der Waals surface area contributed by atoms with Crippen LogP contribution in [0.25, 0.3) is 0 Å². The van der Waals surface area contributed by atoms with Gasteiger partial charge in [0.2, 0.25) is 5.91 Å². The summed E-state index contributed by atoms with van der Waals surface area (Å²) >= 11 is 0. The summed E-state index contributed by atoms with van der Waals surface area (Å²) < 4.78 is 5.69. The number of amides is 1. The van der Waals surface area contributed by atoms with Gasteiger partial charge in [-0.25, -0.2) is 0 Å². The van der Waals surface area contributed by atoms with Gasteiger partial charge in [0, 0.05) is 12.0 Å². The number of nitrogens with two attached hydrogens (primary N) is 1. The van der Waals surface area contributed by atoms with Crippen molar-refractivity contribution < 1.29 is 9.53 Å². The fraction of sp³-hybridized carbons (Fsp3) is 0.562. The molecule has 0 saturated heterocycles. The molecule has 1 saturated carbocycles. The highest BCUT2D eigenvalue weighted by Gasteiger charge is 2.28. The maximum absolute atomic E-state index is 12.0. The van der Waals surface area contributed by atoms with E-state index in [0.717, 1.165) is 25.0 Å². The third-order valence-electron chi connectivity index (χ3n) is 3.72. The van der Waals surface area contributed by atoms with Gasteiger partial charge < -0.3 is 15.8 Å². The Hall–Kier alpha value is -1.55. The van der Waals surface area contributed by atoms with Crippen LogP contribution in [0.5, 0.6) is 5.75 Å². The number of carbonyl (C=O) groups is 1. The minimum atomic E-state index is -0.000151. The molecule has 2 rings (SSSR count). The summed E-state index contributed by atoms with van der Waals surface area (Å²) in [6.07, 6.45) is 2.65. The fourth-order valence-electron chi connectivity index (χ4n) is 2.58. The van der Waals surface area contributed by atoms with Crippen molar-refractivity contribution in [3.63, 3.8) is 0 Å². The van der Waals surface area contributed by atoms with E-state index in [-0.39, 0.29) is 23.9 Å². The first kappa shape index (κ1) is 14.9. The standard InChI is InChI=1S/C16H24N2O2/c1-11-4-3-5-15(8-11)20-10-12(2)18-16(19)13-6-7-14(17)9-13/h3-5,8,12-14H,6-7,9-10,17H2,1-2H3,(H,18,19). The number of nitrogens with one attached hydrogen (secondary N) is 1. The van der Waals surface area contributed by atoms with Crippen molar-refractivity contribution in [2.45, 2.75) is 45.2 Å². The molecular formula is C16H24N2O2. The van der Waals surface area contributed by atoms with Crippen LogP contribution in [0.4, 0.5) is 0 Å². The van der Waals surface area contributed by atoms with Crippen LogP contribution >= 0.6 is 0 Å². The lowest BCUT2D eigenvalue weighted by atomic mass is 10.1. The first-order valence-corrected chi connectivity index (χ1v) is 7.30. The second-order valence-corrected chi connectivity index (χ2v) is 5.81. The van der Waals surface area contributed by atoms with E-state index in [2.05, 4.69) is 5.32 Å². The van der Waals surface area contributed by atoms with E-state index in [4.69, 9.17) is 10.5 Å². The molecule has 3 N–H and O–H groups in total. The predicted octanol–water partition coefficient (Wildman–Crippen LogP) is 2.01. The van der Waals surface area contributed by atoms with Crippen LogP contribution in [0, 0.1) is 12.8 Å². The van der Waals surface area contributed by atoms with E-state index in [1.54, 1.807) is 0 Å². The number of aryl methyl sites for hydroxylation is 1. The molecule has 0 heterocycles. The summed E-state index contributed by atoms with van der Waals surface area (Å²) in [4.78, 5) is 12.0. The zero-order chi connectivity index (χ0) is 14.5. The van der Waals surface area contributed by atoms with Crippen LogP contribution < -0.4 is 15.8 Å². The SMILES string of the molecule is Cc1cccc(OCC(C)NC(=O)C2CCC(N)C2)c1. The van der Waals surface area contributed by atoms with Crippen molar-refractivity contribution in [1.82, 2.24) is 5.32 Å². The molecule has 0 radical (unpaired) electrons. The molecule has 1 fully saturated rings. The molecule has 1 aliphatic rings. The summed E-state index contributed by atoms with van der Waals surface area (Å²) in [5, 5.41) is 3.01. The Bertz CT molecular complexity index is 462. The minimum Gasteiger partial charge on any atom is -0.491 e. The highest BCUT2D eigenvalue weighted by Crippen LogP contribution is 2.24. The third kappa shape index (κ3) is 4.23. The molecule has 0 bridgehead atoms. The molecule has 0 aliphatic heterocycles. The van der Waals surface area contributed by atoms with E-state index in [1.165, 1.54) is 5.56 Å². The Morgan fingerprint density at radius 3 is 2.95 bits per heavy atom. The number of benzene rings is 1. The van der Waals surface area contributed by atoms with Gasteiger partial charge in [-0.1, -0.05) is 12.1 Å². The molecule has 1 aromatic carbocycles. The van der Waals surface area contributed by atoms with Crippen LogP contribution in [0.2, 0.25) is 0 Å². The quantitative estimate of drug-likeness (QED) is 0.864. The Kier molecular flexibility index (Phi) is 5.01. The second kappa shape index (κ2) is 6.75. The summed E-state index contributed by atoms with van der Waals surface area (Å²) in [6, 6.07) is 8.10. The number of hydrogen-bond acceptors (Lipinski definition) is 3. The second-order valence-electron chi connectivity index (χ2n) is 5.81. The summed E-state index contributed by atoms with van der Waals surface area (Å²) in [6.45, 7) is 4.47. The molecule has 0 aromatic heterocycles. The highest BCUT2D eigenvalue weighted by molar-refractivity contribution is 5.79. The average molecular weight is 276 g/mol. The van der Waals surface area contributed by atoms with Crippen LogP contribution in [-0.2, 0) is 4.79 Å². The van der Waals surface area contributed by atoms with E-state index in [0.29, 0.717) is 6.61 Å². The van der Waals surface area contributed by atoms with Crippen molar-refractivity contribution in [2.24, 2.45) is 11.7 Å². The van der Waals surface area contributed by atoms with E-state index >= 15 is 0 Å². The molecule has 1 aromatic rings. The Labute approximate surface area is 120 Å². The van der Waals surface area contributed by atoms with Crippen LogP contribution in [0.15, 0.2) is 24.3 Å². The molecule has 110 valence electrons. The summed E-state index contributed by atoms with van der Waals surface area (Å²) in [5.74, 6) is 1.03. The third-order valence-corrected chi connectivity index (χ3v) is 3.72. The molecule has 3 unspecified atom stereocenters. The van der Waals surface area contributed by atoms with Gasteiger partial charge >= 0.3 is 0 Å². The maximum atomic E-state index is 12.0. The van der Waals surface area contributed by atoms with Gasteiger partial charge in [-0.2, -0.15) is 0 Å². The van der Waals surface area contributed by atoms with E-state index in [1.807, 2.05) is 38.1 Å². The van der Waals surface area contributed by atoms with Crippen molar-refractivity contribution in [3.05, 3.63) is 29.8 Å². The van der Waals surface area contributed by atoms with Crippen molar-refractivity contribution >= 4 is 5.91 Å². The molecule has 4 nitrogen and oxygen atoms in total. The molecule has 1 amide bonds. The zero-order valence-electron chi connectivity index (χ0n) is 12.3. The Morgan fingerprint density at radius 1 is 1.50 bits per heavy atom. The van der Waals surface area contributed by atoms with Gasteiger partial charge in [0.1, 0.15) is 12.4 Å². The lowest BCUT2D eigenvalue weighted by Crippen LogP contribution is -2.40. The maximum Gasteiger partial charge on any atom is 0.223 e. The minimum absolute atomic E-state index is 0.000151. The van der Waals surface area contributed by atoms with Gasteiger partial charge in [0.25, 0.3) is 0 Å². The van der Waals surface area contributed by atoms with Crippen molar-refractivity contribution in [3.8, 4) is 5.75 Å². The van der Waals surface area contributed by atoms with Crippen molar-refractivity contribution in [1.29, 1.82) is 0 Å². The normalized spacial score (nSPS) is 23.4. The lowest BCUT2D eigenvalue weighted by molar-refractivity contribution is -0.125. The summed E-state index contributed by atoms with van der Waals surface area (Å²) in [5.41, 5.74) is 7.00. The van der Waals surface area contributed by atoms with Gasteiger partial charge in [-0.05, 0) is 50.8 Å². The highest BCUT2D eigenvalue weighted by atomic mass is 16.5.